The topological polar surface area (TPSA) is 29.1 Å². The summed E-state index contributed by atoms with van der Waals surface area (Å²) in [5, 5.41) is 3.09. The second kappa shape index (κ2) is 3.35. The number of carbonyl (C=O) groups excluding carboxylic acids is 1. The average molecular weight is 171 g/mol. The number of halogens is 1. The summed E-state index contributed by atoms with van der Waals surface area (Å²) in [6, 6.07) is 0. The highest BCUT2D eigenvalue weighted by Gasteiger charge is 2.36. The van der Waals surface area contributed by atoms with E-state index in [1.807, 2.05) is 0 Å². The van der Waals surface area contributed by atoms with Crippen molar-refractivity contribution in [1.82, 2.24) is 5.32 Å². The van der Waals surface area contributed by atoms with E-state index in [0.29, 0.717) is 24.9 Å². The lowest BCUT2D eigenvalue weighted by atomic mass is 9.76. The number of rotatable bonds is 1. The maximum absolute atomic E-state index is 12.4. The molecule has 12 heavy (non-hydrogen) atoms. The first-order valence-corrected chi connectivity index (χ1v) is 4.13. The van der Waals surface area contributed by atoms with Crippen LogP contribution in [0.5, 0.6) is 0 Å². The smallest absolute Gasteiger partial charge is 0.141 e. The van der Waals surface area contributed by atoms with E-state index in [2.05, 4.69) is 5.32 Å². The van der Waals surface area contributed by atoms with Crippen LogP contribution in [0.25, 0.3) is 0 Å². The van der Waals surface area contributed by atoms with Crippen LogP contribution in [-0.2, 0) is 4.79 Å². The first kappa shape index (κ1) is 9.39. The average Bonchev–Trinajstić information content (AvgIpc) is 2.05. The summed E-state index contributed by atoms with van der Waals surface area (Å²) in [4.78, 5) is 11.2. The molecule has 1 fully saturated rings. The molecule has 0 aromatic carbocycles. The van der Waals surface area contributed by atoms with Crippen molar-refractivity contribution in [3.8, 4) is 0 Å². The molecule has 0 aromatic heterocycles. The largest absolute Gasteiger partial charge is 0.315 e. The van der Waals surface area contributed by atoms with Gasteiger partial charge in [0.1, 0.15) is 5.78 Å². The lowest BCUT2D eigenvalue weighted by molar-refractivity contribution is -0.124. The third-order valence-corrected chi connectivity index (χ3v) is 2.67. The summed E-state index contributed by atoms with van der Waals surface area (Å²) in [5.74, 6) is 0.0265. The summed E-state index contributed by atoms with van der Waals surface area (Å²) in [5.41, 5.74) is 0.00116. The summed E-state index contributed by atoms with van der Waals surface area (Å²) in [7, 11) is 0. The van der Waals surface area contributed by atoms with Gasteiger partial charge in [0.15, 0.2) is 0 Å². The van der Waals surface area contributed by atoms with Gasteiger partial charge in [-0.15, -0.1) is 0 Å². The Labute approximate surface area is 71.8 Å². The molecule has 0 amide bonds. The van der Waals surface area contributed by atoms with Gasteiger partial charge < -0.3 is 5.32 Å². The van der Waals surface area contributed by atoms with Crippen LogP contribution in [0.1, 0.15) is 20.3 Å². The summed E-state index contributed by atoms with van der Waals surface area (Å²) in [6.07, 6.45) is 1.22. The molecule has 0 bridgehead atoms. The molecule has 1 atom stereocenters. The van der Waals surface area contributed by atoms with Crippen LogP contribution in [0.3, 0.4) is 0 Å². The Morgan fingerprint density at radius 3 is 2.83 bits per heavy atom. The zero-order chi connectivity index (χ0) is 9.19. The normalized spacial score (nSPS) is 33.8. The molecule has 0 spiro atoms. The molecule has 68 valence electrons. The molecule has 0 aromatic rings. The number of hydrogen-bond donors (Lipinski definition) is 1. The van der Waals surface area contributed by atoms with E-state index in [1.165, 1.54) is 6.92 Å². The molecule has 0 unspecified atom stereocenters. The SMILES string of the molecule is CC(=O)[C@]1(C)CNCC/C1=C\F. The molecular formula is C9H14FNO. The second-order valence-electron chi connectivity index (χ2n) is 3.45. The maximum Gasteiger partial charge on any atom is 0.141 e. The van der Waals surface area contributed by atoms with Crippen molar-refractivity contribution in [1.29, 1.82) is 0 Å². The van der Waals surface area contributed by atoms with E-state index in [1.54, 1.807) is 6.92 Å². The molecule has 2 nitrogen and oxygen atoms in total. The van der Waals surface area contributed by atoms with E-state index < -0.39 is 5.41 Å². The van der Waals surface area contributed by atoms with Crippen LogP contribution in [-0.4, -0.2) is 18.9 Å². The Kier molecular flexibility index (Phi) is 2.62. The minimum absolute atomic E-state index is 0.0265. The number of hydrogen-bond acceptors (Lipinski definition) is 2. The molecule has 1 saturated heterocycles. The van der Waals surface area contributed by atoms with Crippen LogP contribution in [0, 0.1) is 5.41 Å². The van der Waals surface area contributed by atoms with Gasteiger partial charge in [0.2, 0.25) is 0 Å². The molecule has 3 heteroatoms. The van der Waals surface area contributed by atoms with Crippen molar-refractivity contribution in [3.05, 3.63) is 11.9 Å². The molecule has 1 rings (SSSR count). The lowest BCUT2D eigenvalue weighted by Gasteiger charge is -2.33. The number of nitrogens with one attached hydrogen (secondary N) is 1. The van der Waals surface area contributed by atoms with Gasteiger partial charge in [0.25, 0.3) is 0 Å². The van der Waals surface area contributed by atoms with E-state index in [4.69, 9.17) is 0 Å². The van der Waals surface area contributed by atoms with Crippen molar-refractivity contribution in [2.45, 2.75) is 20.3 Å². The zero-order valence-corrected chi connectivity index (χ0v) is 7.48. The third kappa shape index (κ3) is 1.41. The fourth-order valence-electron chi connectivity index (χ4n) is 1.48. The third-order valence-electron chi connectivity index (χ3n) is 2.67. The standard InChI is InChI=1S/C9H14FNO/c1-7(12)9(2)6-11-4-3-8(9)5-10/h5,11H,3-4,6H2,1-2H3/b8-5+/t9-/m0/s1. The zero-order valence-electron chi connectivity index (χ0n) is 7.48. The Morgan fingerprint density at radius 1 is 1.75 bits per heavy atom. The molecule has 1 heterocycles. The van der Waals surface area contributed by atoms with Crippen molar-refractivity contribution in [3.63, 3.8) is 0 Å². The van der Waals surface area contributed by atoms with Crippen molar-refractivity contribution in [2.24, 2.45) is 5.41 Å². The predicted octanol–water partition coefficient (Wildman–Crippen LogP) is 1.43. The van der Waals surface area contributed by atoms with Gasteiger partial charge in [-0.1, -0.05) is 0 Å². The molecule has 1 aliphatic heterocycles. The Morgan fingerprint density at radius 2 is 2.42 bits per heavy atom. The fourth-order valence-corrected chi connectivity index (χ4v) is 1.48. The van der Waals surface area contributed by atoms with E-state index >= 15 is 0 Å². The van der Waals surface area contributed by atoms with Gasteiger partial charge >= 0.3 is 0 Å². The van der Waals surface area contributed by atoms with E-state index in [-0.39, 0.29) is 5.78 Å². The number of piperidine rings is 1. The van der Waals surface area contributed by atoms with Gasteiger partial charge in [-0.05, 0) is 32.4 Å². The summed E-state index contributed by atoms with van der Waals surface area (Å²) >= 11 is 0. The van der Waals surface area contributed by atoms with Crippen molar-refractivity contribution < 1.29 is 9.18 Å². The molecular weight excluding hydrogens is 157 g/mol. The van der Waals surface area contributed by atoms with Crippen LogP contribution in [0.15, 0.2) is 11.9 Å². The van der Waals surface area contributed by atoms with E-state index in [0.717, 1.165) is 6.54 Å². The molecule has 0 radical (unpaired) electrons. The first-order chi connectivity index (χ1) is 5.61. The molecule has 1 aliphatic rings. The summed E-state index contributed by atoms with van der Waals surface area (Å²) in [6.45, 7) is 4.61. The van der Waals surface area contributed by atoms with Gasteiger partial charge in [-0.3, -0.25) is 4.79 Å². The quantitative estimate of drug-likeness (QED) is 0.646. The Bertz CT molecular complexity index is 225. The number of carbonyl (C=O) groups is 1. The van der Waals surface area contributed by atoms with Crippen LogP contribution in [0.4, 0.5) is 4.39 Å². The van der Waals surface area contributed by atoms with Crippen molar-refractivity contribution in [2.75, 3.05) is 13.1 Å². The minimum atomic E-state index is -0.618. The maximum atomic E-state index is 12.4. The van der Waals surface area contributed by atoms with Gasteiger partial charge in [0.05, 0.1) is 11.7 Å². The van der Waals surface area contributed by atoms with Gasteiger partial charge in [0, 0.05) is 6.54 Å². The summed E-state index contributed by atoms with van der Waals surface area (Å²) < 4.78 is 12.4. The highest BCUT2D eigenvalue weighted by molar-refractivity contribution is 5.85. The van der Waals surface area contributed by atoms with Crippen LogP contribution in [0.2, 0.25) is 0 Å². The monoisotopic (exact) mass is 171 g/mol. The fraction of sp³-hybridized carbons (Fsp3) is 0.667. The molecule has 1 N–H and O–H groups in total. The Hall–Kier alpha value is -0.700. The number of Topliss-reactive ketones (excluding diaryl/α,β-unsaturated/α-hetero) is 1. The second-order valence-corrected chi connectivity index (χ2v) is 3.45. The molecule has 0 aliphatic carbocycles. The first-order valence-electron chi connectivity index (χ1n) is 4.13. The number of ketones is 1. The predicted molar refractivity (Wildman–Crippen MR) is 45.5 cm³/mol. The van der Waals surface area contributed by atoms with Gasteiger partial charge in [-0.25, -0.2) is 4.39 Å². The molecule has 0 saturated carbocycles. The highest BCUT2D eigenvalue weighted by Crippen LogP contribution is 2.32. The van der Waals surface area contributed by atoms with Crippen molar-refractivity contribution >= 4 is 5.78 Å². The minimum Gasteiger partial charge on any atom is -0.315 e. The highest BCUT2D eigenvalue weighted by atomic mass is 19.1. The van der Waals surface area contributed by atoms with Crippen LogP contribution < -0.4 is 5.32 Å². The lowest BCUT2D eigenvalue weighted by Crippen LogP contribution is -2.44. The van der Waals surface area contributed by atoms with Crippen LogP contribution >= 0.6 is 0 Å². The van der Waals surface area contributed by atoms with E-state index in [9.17, 15) is 9.18 Å². The Balaban J connectivity index is 2.91. The van der Waals surface area contributed by atoms with Gasteiger partial charge in [-0.2, -0.15) is 0 Å².